The second-order valence-electron chi connectivity index (χ2n) is 5.67. The molecule has 0 aliphatic carbocycles. The first kappa shape index (κ1) is 18.7. The molecule has 0 atom stereocenters. The average Bonchev–Trinajstić information content (AvgIpc) is 2.91. The lowest BCUT2D eigenvalue weighted by atomic mass is 10.1. The Morgan fingerprint density at radius 2 is 1.96 bits per heavy atom. The monoisotopic (exact) mass is 376 g/mol. The van der Waals surface area contributed by atoms with E-state index in [-0.39, 0.29) is 22.8 Å². The number of hydrogen-bond donors (Lipinski definition) is 0. The van der Waals surface area contributed by atoms with E-state index in [0.717, 1.165) is 6.42 Å². The number of fused-ring (bicyclic) bond motifs is 1. The summed E-state index contributed by atoms with van der Waals surface area (Å²) in [6.45, 7) is -1.86. The minimum absolute atomic E-state index is 0.0554. The molecule has 27 heavy (non-hydrogen) atoms. The number of ether oxygens (including phenoxy) is 4. The van der Waals surface area contributed by atoms with Gasteiger partial charge in [-0.05, 0) is 36.4 Å². The van der Waals surface area contributed by atoms with Crippen molar-refractivity contribution in [2.75, 3.05) is 20.3 Å². The molecule has 3 rings (SSSR count). The third-order valence-electron chi connectivity index (χ3n) is 3.88. The van der Waals surface area contributed by atoms with Gasteiger partial charge in [0.15, 0.2) is 28.8 Å². The first-order chi connectivity index (χ1) is 13.1. The largest absolute Gasteiger partial charge is 0.493 e. The number of hydrogen-bond acceptors (Lipinski definition) is 5. The number of allylic oxidation sites excluding steroid dienone is 1. The molecule has 7 heteroatoms. The molecule has 0 saturated carbocycles. The molecule has 2 aromatic rings. The maximum absolute atomic E-state index is 12.5. The summed E-state index contributed by atoms with van der Waals surface area (Å²) in [5, 5.41) is 0. The molecule has 142 valence electrons. The number of carbonyl (C=O) groups is 1. The number of halogens is 2. The van der Waals surface area contributed by atoms with Crippen molar-refractivity contribution in [2.45, 2.75) is 13.0 Å². The van der Waals surface area contributed by atoms with Crippen LogP contribution < -0.4 is 18.9 Å². The normalized spacial score (nSPS) is 13.5. The second kappa shape index (κ2) is 8.53. The van der Waals surface area contributed by atoms with Crippen LogP contribution >= 0.6 is 0 Å². The summed E-state index contributed by atoms with van der Waals surface area (Å²) < 4.78 is 45.5. The average molecular weight is 376 g/mol. The van der Waals surface area contributed by atoms with Gasteiger partial charge in [0.1, 0.15) is 0 Å². The van der Waals surface area contributed by atoms with E-state index in [4.69, 9.17) is 14.2 Å². The number of para-hydroxylation sites is 1. The van der Waals surface area contributed by atoms with Gasteiger partial charge < -0.3 is 18.9 Å². The molecule has 0 N–H and O–H groups in total. The Morgan fingerprint density at radius 1 is 1.15 bits per heavy atom. The van der Waals surface area contributed by atoms with Crippen molar-refractivity contribution < 1.29 is 32.5 Å². The molecule has 0 bridgehead atoms. The van der Waals surface area contributed by atoms with E-state index in [1.54, 1.807) is 6.08 Å². The zero-order valence-electron chi connectivity index (χ0n) is 14.6. The first-order valence-corrected chi connectivity index (χ1v) is 8.32. The van der Waals surface area contributed by atoms with Gasteiger partial charge >= 0.3 is 6.61 Å². The predicted octanol–water partition coefficient (Wildman–Crippen LogP) is 4.35. The van der Waals surface area contributed by atoms with Gasteiger partial charge in [0.25, 0.3) is 0 Å². The third kappa shape index (κ3) is 4.55. The van der Waals surface area contributed by atoms with Crippen LogP contribution in [0.15, 0.2) is 42.5 Å². The van der Waals surface area contributed by atoms with Crippen LogP contribution in [0.25, 0.3) is 6.08 Å². The van der Waals surface area contributed by atoms with Crippen molar-refractivity contribution in [3.8, 4) is 23.0 Å². The molecule has 0 amide bonds. The Kier molecular flexibility index (Phi) is 5.90. The molecule has 2 aromatic carbocycles. The molecular formula is C20H18F2O5. The Bertz CT molecular complexity index is 848. The highest BCUT2D eigenvalue weighted by atomic mass is 19.3. The molecule has 0 spiro atoms. The zero-order valence-corrected chi connectivity index (χ0v) is 14.6. The fraction of sp³-hybridized carbons (Fsp3) is 0.250. The van der Waals surface area contributed by atoms with E-state index in [2.05, 4.69) is 4.74 Å². The summed E-state index contributed by atoms with van der Waals surface area (Å²) in [4.78, 5) is 12.5. The number of ketones is 1. The zero-order chi connectivity index (χ0) is 19.2. The molecule has 5 nitrogen and oxygen atoms in total. The molecule has 0 aromatic heterocycles. The quantitative estimate of drug-likeness (QED) is 0.554. The van der Waals surface area contributed by atoms with Crippen LogP contribution in [0.5, 0.6) is 23.0 Å². The molecule has 1 aliphatic rings. The van der Waals surface area contributed by atoms with Gasteiger partial charge in [-0.3, -0.25) is 4.79 Å². The van der Waals surface area contributed by atoms with E-state index in [9.17, 15) is 13.6 Å². The van der Waals surface area contributed by atoms with Crippen molar-refractivity contribution in [1.29, 1.82) is 0 Å². The highest BCUT2D eigenvalue weighted by molar-refractivity contribution is 6.07. The van der Waals surface area contributed by atoms with Crippen LogP contribution in [0.1, 0.15) is 22.3 Å². The fourth-order valence-corrected chi connectivity index (χ4v) is 2.62. The van der Waals surface area contributed by atoms with Gasteiger partial charge in [-0.25, -0.2) is 0 Å². The maximum Gasteiger partial charge on any atom is 0.387 e. The van der Waals surface area contributed by atoms with Crippen molar-refractivity contribution in [3.05, 3.63) is 53.6 Å². The van der Waals surface area contributed by atoms with Crippen molar-refractivity contribution >= 4 is 11.9 Å². The van der Waals surface area contributed by atoms with Crippen LogP contribution in [0.3, 0.4) is 0 Å². The highest BCUT2D eigenvalue weighted by Gasteiger charge is 2.15. The lowest BCUT2D eigenvalue weighted by molar-refractivity contribution is -0.0512. The minimum atomic E-state index is -2.98. The SMILES string of the molecule is COc1cc(C(=O)/C=C/c2cccc3c2OCCCO3)ccc1OC(F)F. The number of alkyl halides is 2. The van der Waals surface area contributed by atoms with Crippen LogP contribution in [-0.4, -0.2) is 32.7 Å². The van der Waals surface area contributed by atoms with E-state index < -0.39 is 6.61 Å². The van der Waals surface area contributed by atoms with Crippen LogP contribution in [0.2, 0.25) is 0 Å². The van der Waals surface area contributed by atoms with Crippen LogP contribution in [-0.2, 0) is 0 Å². The predicted molar refractivity (Wildman–Crippen MR) is 95.0 cm³/mol. The van der Waals surface area contributed by atoms with E-state index in [1.165, 1.54) is 31.4 Å². The molecule has 0 unspecified atom stereocenters. The van der Waals surface area contributed by atoms with Gasteiger partial charge in [-0.2, -0.15) is 8.78 Å². The Hall–Kier alpha value is -3.09. The van der Waals surface area contributed by atoms with Gasteiger partial charge in [0.2, 0.25) is 0 Å². The lowest BCUT2D eigenvalue weighted by Crippen LogP contribution is -2.04. The summed E-state index contributed by atoms with van der Waals surface area (Å²) >= 11 is 0. The van der Waals surface area contributed by atoms with E-state index in [1.807, 2.05) is 18.2 Å². The maximum atomic E-state index is 12.5. The molecule has 1 aliphatic heterocycles. The molecule has 1 heterocycles. The summed E-state index contributed by atoms with van der Waals surface area (Å²) in [6, 6.07) is 9.48. The fourth-order valence-electron chi connectivity index (χ4n) is 2.62. The van der Waals surface area contributed by atoms with Crippen molar-refractivity contribution in [1.82, 2.24) is 0 Å². The second-order valence-corrected chi connectivity index (χ2v) is 5.67. The molecule has 0 saturated heterocycles. The van der Waals surface area contributed by atoms with E-state index in [0.29, 0.717) is 30.3 Å². The van der Waals surface area contributed by atoms with Gasteiger partial charge in [-0.15, -0.1) is 0 Å². The van der Waals surface area contributed by atoms with Gasteiger partial charge in [0, 0.05) is 17.5 Å². The summed E-state index contributed by atoms with van der Waals surface area (Å²) in [6.07, 6.45) is 3.79. The van der Waals surface area contributed by atoms with Crippen molar-refractivity contribution in [3.63, 3.8) is 0 Å². The summed E-state index contributed by atoms with van der Waals surface area (Å²) in [5.74, 6) is 0.838. The smallest absolute Gasteiger partial charge is 0.387 e. The Labute approximate surface area is 155 Å². The number of benzene rings is 2. The topological polar surface area (TPSA) is 54.0 Å². The lowest BCUT2D eigenvalue weighted by Gasteiger charge is -2.11. The van der Waals surface area contributed by atoms with Gasteiger partial charge in [0.05, 0.1) is 20.3 Å². The Balaban J connectivity index is 1.81. The third-order valence-corrected chi connectivity index (χ3v) is 3.88. The number of methoxy groups -OCH3 is 1. The standard InChI is InChI=1S/C20H18F2O5/c1-24-18-12-14(7-9-16(18)27-20(21)22)15(23)8-6-13-4-2-5-17-19(13)26-11-3-10-25-17/h2,4-9,12,20H,3,10-11H2,1H3/b8-6+. The minimum Gasteiger partial charge on any atom is -0.493 e. The number of carbonyl (C=O) groups excluding carboxylic acids is 1. The molecule has 0 radical (unpaired) electrons. The summed E-state index contributed by atoms with van der Waals surface area (Å²) in [5.41, 5.74) is 0.997. The number of rotatable bonds is 6. The summed E-state index contributed by atoms with van der Waals surface area (Å²) in [7, 11) is 1.31. The van der Waals surface area contributed by atoms with Crippen LogP contribution in [0.4, 0.5) is 8.78 Å². The molecule has 0 fully saturated rings. The van der Waals surface area contributed by atoms with Gasteiger partial charge in [-0.1, -0.05) is 12.1 Å². The first-order valence-electron chi connectivity index (χ1n) is 8.32. The Morgan fingerprint density at radius 3 is 2.74 bits per heavy atom. The van der Waals surface area contributed by atoms with Crippen LogP contribution in [0, 0.1) is 0 Å². The highest BCUT2D eigenvalue weighted by Crippen LogP contribution is 2.34. The van der Waals surface area contributed by atoms with E-state index >= 15 is 0 Å². The molecular weight excluding hydrogens is 358 g/mol. The van der Waals surface area contributed by atoms with Crippen molar-refractivity contribution in [2.24, 2.45) is 0 Å².